The maximum Gasteiger partial charge on any atom is 0.266 e. The average molecular weight is 354 g/mol. The van der Waals surface area contributed by atoms with Crippen molar-refractivity contribution in [3.05, 3.63) is 51.8 Å². The van der Waals surface area contributed by atoms with Crippen molar-refractivity contribution in [2.24, 2.45) is 0 Å². The van der Waals surface area contributed by atoms with Crippen LogP contribution in [0.5, 0.6) is 0 Å². The summed E-state index contributed by atoms with van der Waals surface area (Å²) in [6, 6.07) is 10.2. The lowest BCUT2D eigenvalue weighted by molar-refractivity contribution is 0.548. The van der Waals surface area contributed by atoms with Gasteiger partial charge in [0, 0.05) is 23.2 Å². The van der Waals surface area contributed by atoms with Gasteiger partial charge in [-0.15, -0.1) is 0 Å². The lowest BCUT2D eigenvalue weighted by atomic mass is 10.1. The Morgan fingerprint density at radius 1 is 1.17 bits per heavy atom. The molecule has 1 aliphatic carbocycles. The molecule has 0 saturated heterocycles. The SMILES string of the molecule is O=c1ccc(-c2ccc(Cl)cc2)nn1CCNS(=O)(=O)C1CC1. The summed E-state index contributed by atoms with van der Waals surface area (Å²) < 4.78 is 27.3. The van der Waals surface area contributed by atoms with Gasteiger partial charge in [-0.25, -0.2) is 17.8 Å². The zero-order chi connectivity index (χ0) is 16.4. The molecule has 6 nitrogen and oxygen atoms in total. The van der Waals surface area contributed by atoms with E-state index < -0.39 is 10.0 Å². The van der Waals surface area contributed by atoms with E-state index in [-0.39, 0.29) is 23.9 Å². The van der Waals surface area contributed by atoms with Gasteiger partial charge < -0.3 is 0 Å². The monoisotopic (exact) mass is 353 g/mol. The van der Waals surface area contributed by atoms with E-state index in [1.165, 1.54) is 10.7 Å². The summed E-state index contributed by atoms with van der Waals surface area (Å²) in [5.74, 6) is 0. The Morgan fingerprint density at radius 3 is 2.52 bits per heavy atom. The first kappa shape index (κ1) is 16.2. The molecule has 1 saturated carbocycles. The van der Waals surface area contributed by atoms with Crippen LogP contribution in [-0.2, 0) is 16.6 Å². The van der Waals surface area contributed by atoms with Gasteiger partial charge in [-0.1, -0.05) is 23.7 Å². The van der Waals surface area contributed by atoms with Gasteiger partial charge in [0.05, 0.1) is 17.5 Å². The van der Waals surface area contributed by atoms with Crippen LogP contribution in [0.15, 0.2) is 41.2 Å². The number of rotatable bonds is 6. The second kappa shape index (κ2) is 6.43. The lowest BCUT2D eigenvalue weighted by Crippen LogP contribution is -2.33. The van der Waals surface area contributed by atoms with E-state index in [9.17, 15) is 13.2 Å². The van der Waals surface area contributed by atoms with E-state index >= 15 is 0 Å². The Hall–Kier alpha value is -1.70. The quantitative estimate of drug-likeness (QED) is 0.856. The summed E-state index contributed by atoms with van der Waals surface area (Å²) in [5.41, 5.74) is 1.20. The topological polar surface area (TPSA) is 81.1 Å². The second-order valence-electron chi connectivity index (χ2n) is 5.43. The Bertz CT molecular complexity index is 858. The van der Waals surface area contributed by atoms with Crippen molar-refractivity contribution < 1.29 is 8.42 Å². The van der Waals surface area contributed by atoms with Crippen LogP contribution in [0.25, 0.3) is 11.3 Å². The highest BCUT2D eigenvalue weighted by molar-refractivity contribution is 7.90. The minimum Gasteiger partial charge on any atom is -0.268 e. The Morgan fingerprint density at radius 2 is 1.87 bits per heavy atom. The minimum atomic E-state index is -3.24. The first-order chi connectivity index (χ1) is 11.0. The molecule has 1 aromatic heterocycles. The summed E-state index contributed by atoms with van der Waals surface area (Å²) in [6.07, 6.45) is 1.42. The van der Waals surface area contributed by atoms with Gasteiger partial charge >= 0.3 is 0 Å². The fourth-order valence-electron chi connectivity index (χ4n) is 2.17. The van der Waals surface area contributed by atoms with Crippen molar-refractivity contribution in [1.82, 2.24) is 14.5 Å². The zero-order valence-electron chi connectivity index (χ0n) is 12.3. The number of hydrogen-bond donors (Lipinski definition) is 1. The number of nitrogens with zero attached hydrogens (tertiary/aromatic N) is 2. The van der Waals surface area contributed by atoms with Crippen molar-refractivity contribution >= 4 is 21.6 Å². The largest absolute Gasteiger partial charge is 0.268 e. The maximum absolute atomic E-state index is 11.9. The molecule has 1 aliphatic rings. The molecule has 0 spiro atoms. The van der Waals surface area contributed by atoms with Gasteiger partial charge in [-0.05, 0) is 31.0 Å². The molecule has 1 fully saturated rings. The summed E-state index contributed by atoms with van der Waals surface area (Å²) in [5, 5.41) is 4.63. The molecule has 0 radical (unpaired) electrons. The Labute approximate surface area is 139 Å². The number of sulfonamides is 1. The Balaban J connectivity index is 1.73. The number of aromatic nitrogens is 2. The third-order valence-corrected chi connectivity index (χ3v) is 5.80. The predicted molar refractivity (Wildman–Crippen MR) is 88.9 cm³/mol. The molecular formula is C15H16ClN3O3S. The molecule has 122 valence electrons. The normalized spacial score (nSPS) is 14.8. The van der Waals surface area contributed by atoms with Crippen molar-refractivity contribution in [3.8, 4) is 11.3 Å². The van der Waals surface area contributed by atoms with Gasteiger partial charge in [0.2, 0.25) is 10.0 Å². The molecular weight excluding hydrogens is 338 g/mol. The lowest BCUT2D eigenvalue weighted by Gasteiger charge is -2.08. The minimum absolute atomic E-state index is 0.149. The number of halogens is 1. The third kappa shape index (κ3) is 3.99. The number of benzene rings is 1. The van der Waals surface area contributed by atoms with Crippen LogP contribution in [0.4, 0.5) is 0 Å². The van der Waals surface area contributed by atoms with E-state index in [0.29, 0.717) is 23.6 Å². The van der Waals surface area contributed by atoms with Crippen LogP contribution in [0.2, 0.25) is 5.02 Å². The van der Waals surface area contributed by atoms with Gasteiger partial charge in [0.1, 0.15) is 0 Å². The fraction of sp³-hybridized carbons (Fsp3) is 0.333. The molecule has 8 heteroatoms. The van der Waals surface area contributed by atoms with Gasteiger partial charge in [-0.3, -0.25) is 4.79 Å². The highest BCUT2D eigenvalue weighted by atomic mass is 35.5. The third-order valence-electron chi connectivity index (χ3n) is 3.60. The molecule has 0 aliphatic heterocycles. The summed E-state index contributed by atoms with van der Waals surface area (Å²) in [6.45, 7) is 0.335. The zero-order valence-corrected chi connectivity index (χ0v) is 13.8. The van der Waals surface area contributed by atoms with Crippen LogP contribution >= 0.6 is 11.6 Å². The van der Waals surface area contributed by atoms with E-state index in [1.807, 2.05) is 12.1 Å². The van der Waals surface area contributed by atoms with Crippen LogP contribution < -0.4 is 10.3 Å². The van der Waals surface area contributed by atoms with Crippen LogP contribution in [0, 0.1) is 0 Å². The molecule has 3 rings (SSSR count). The standard InChI is InChI=1S/C15H16ClN3O3S/c16-12-3-1-11(2-4-12)14-7-8-15(20)19(18-14)10-9-17-23(21,22)13-5-6-13/h1-4,7-8,13,17H,5-6,9-10H2. The van der Waals surface area contributed by atoms with Crippen molar-refractivity contribution in [2.75, 3.05) is 6.54 Å². The van der Waals surface area contributed by atoms with Crippen molar-refractivity contribution in [1.29, 1.82) is 0 Å². The first-order valence-corrected chi connectivity index (χ1v) is 9.21. The van der Waals surface area contributed by atoms with Crippen molar-refractivity contribution in [2.45, 2.75) is 24.6 Å². The summed E-state index contributed by atoms with van der Waals surface area (Å²) in [7, 11) is -3.24. The predicted octanol–water partition coefficient (Wildman–Crippen LogP) is 1.65. The number of nitrogens with one attached hydrogen (secondary N) is 1. The Kier molecular flexibility index (Phi) is 4.52. The molecule has 1 N–H and O–H groups in total. The van der Waals surface area contributed by atoms with E-state index in [1.54, 1.807) is 18.2 Å². The smallest absolute Gasteiger partial charge is 0.266 e. The van der Waals surface area contributed by atoms with E-state index in [2.05, 4.69) is 9.82 Å². The molecule has 1 aromatic carbocycles. The maximum atomic E-state index is 11.9. The molecule has 2 aromatic rings. The molecule has 0 atom stereocenters. The van der Waals surface area contributed by atoms with Crippen molar-refractivity contribution in [3.63, 3.8) is 0 Å². The van der Waals surface area contributed by atoms with Crippen LogP contribution in [0.1, 0.15) is 12.8 Å². The van der Waals surface area contributed by atoms with Crippen LogP contribution in [0.3, 0.4) is 0 Å². The van der Waals surface area contributed by atoms with Gasteiger partial charge in [-0.2, -0.15) is 5.10 Å². The highest BCUT2D eigenvalue weighted by Crippen LogP contribution is 2.27. The molecule has 0 amide bonds. The van der Waals surface area contributed by atoms with E-state index in [0.717, 1.165) is 5.56 Å². The fourth-order valence-corrected chi connectivity index (χ4v) is 3.67. The first-order valence-electron chi connectivity index (χ1n) is 7.28. The molecule has 0 bridgehead atoms. The van der Waals surface area contributed by atoms with Crippen LogP contribution in [-0.4, -0.2) is 30.0 Å². The van der Waals surface area contributed by atoms with E-state index in [4.69, 9.17) is 11.6 Å². The summed E-state index contributed by atoms with van der Waals surface area (Å²) >= 11 is 5.86. The molecule has 0 unspecified atom stereocenters. The highest BCUT2D eigenvalue weighted by Gasteiger charge is 2.35. The summed E-state index contributed by atoms with van der Waals surface area (Å²) in [4.78, 5) is 11.9. The molecule has 1 heterocycles. The second-order valence-corrected chi connectivity index (χ2v) is 7.91. The van der Waals surface area contributed by atoms with Gasteiger partial charge in [0.15, 0.2) is 0 Å². The number of hydrogen-bond acceptors (Lipinski definition) is 4. The molecule has 23 heavy (non-hydrogen) atoms. The van der Waals surface area contributed by atoms with Gasteiger partial charge in [0.25, 0.3) is 5.56 Å². The average Bonchev–Trinajstić information content (AvgIpc) is 3.35.